The number of nitrogens with two attached hydrogens (primary N) is 1. The molecule has 0 saturated heterocycles. The van der Waals surface area contributed by atoms with E-state index in [-0.39, 0.29) is 22.7 Å². The van der Waals surface area contributed by atoms with Gasteiger partial charge in [-0.3, -0.25) is 20.8 Å². The predicted molar refractivity (Wildman–Crippen MR) is 81.9 cm³/mol. The van der Waals surface area contributed by atoms with Gasteiger partial charge in [-0.05, 0) is 24.5 Å². The topological polar surface area (TPSA) is 102 Å². The van der Waals surface area contributed by atoms with Crippen molar-refractivity contribution in [1.82, 2.24) is 4.90 Å². The van der Waals surface area contributed by atoms with Gasteiger partial charge in [-0.25, -0.2) is 0 Å². The highest BCUT2D eigenvalue weighted by molar-refractivity contribution is 5.99. The van der Waals surface area contributed by atoms with Crippen molar-refractivity contribution in [1.29, 1.82) is 0 Å². The second-order valence-electron chi connectivity index (χ2n) is 6.09. The van der Waals surface area contributed by atoms with Gasteiger partial charge in [-0.1, -0.05) is 20.8 Å². The molecule has 0 fully saturated rings. The van der Waals surface area contributed by atoms with E-state index in [1.807, 2.05) is 27.7 Å². The molecule has 0 bridgehead atoms. The van der Waals surface area contributed by atoms with E-state index < -0.39 is 10.8 Å². The van der Waals surface area contributed by atoms with Crippen LogP contribution in [-0.4, -0.2) is 28.8 Å². The van der Waals surface area contributed by atoms with Gasteiger partial charge in [0.1, 0.15) is 5.56 Å². The lowest BCUT2D eigenvalue weighted by atomic mass is 9.87. The number of carbonyl (C=O) groups excluding carboxylic acids is 1. The van der Waals surface area contributed by atoms with Gasteiger partial charge in [-0.2, -0.15) is 0 Å². The first-order chi connectivity index (χ1) is 9.59. The minimum atomic E-state index is -0.566. The van der Waals surface area contributed by atoms with Crippen molar-refractivity contribution in [2.45, 2.75) is 33.7 Å². The summed E-state index contributed by atoms with van der Waals surface area (Å²) in [5, 5.41) is 11.1. The van der Waals surface area contributed by atoms with Gasteiger partial charge in [0.25, 0.3) is 11.6 Å². The van der Waals surface area contributed by atoms with Crippen molar-refractivity contribution >= 4 is 17.3 Å². The molecule has 7 nitrogen and oxygen atoms in total. The van der Waals surface area contributed by atoms with Gasteiger partial charge >= 0.3 is 0 Å². The van der Waals surface area contributed by atoms with Crippen molar-refractivity contribution in [2.24, 2.45) is 11.3 Å². The molecule has 0 saturated carbocycles. The summed E-state index contributed by atoms with van der Waals surface area (Å²) in [7, 11) is 1.64. The number of nitrogens with zero attached hydrogens (tertiary/aromatic N) is 2. The normalized spacial score (nSPS) is 12.7. The molecule has 116 valence electrons. The lowest BCUT2D eigenvalue weighted by Gasteiger charge is -2.35. The van der Waals surface area contributed by atoms with Crippen LogP contribution >= 0.6 is 0 Å². The lowest BCUT2D eigenvalue weighted by molar-refractivity contribution is -0.385. The lowest BCUT2D eigenvalue weighted by Crippen LogP contribution is -2.43. The predicted octanol–water partition coefficient (Wildman–Crippen LogP) is 2.39. The van der Waals surface area contributed by atoms with E-state index in [1.165, 1.54) is 23.1 Å². The fraction of sp³-hybridized carbons (Fsp3) is 0.500. The number of amides is 1. The minimum absolute atomic E-state index is 0.0223. The molecule has 0 aliphatic carbocycles. The number of nitro groups is 1. The van der Waals surface area contributed by atoms with Crippen LogP contribution in [-0.2, 0) is 0 Å². The van der Waals surface area contributed by atoms with E-state index in [2.05, 4.69) is 5.43 Å². The quantitative estimate of drug-likeness (QED) is 0.504. The monoisotopic (exact) mass is 294 g/mol. The van der Waals surface area contributed by atoms with E-state index in [4.69, 9.17) is 5.84 Å². The fourth-order valence-corrected chi connectivity index (χ4v) is 1.90. The van der Waals surface area contributed by atoms with Crippen LogP contribution in [0.4, 0.5) is 11.4 Å². The molecule has 1 unspecified atom stereocenters. The number of anilines is 1. The number of carbonyl (C=O) groups is 1. The van der Waals surface area contributed by atoms with Crippen molar-refractivity contribution in [3.8, 4) is 0 Å². The van der Waals surface area contributed by atoms with Crippen LogP contribution in [0.15, 0.2) is 18.2 Å². The van der Waals surface area contributed by atoms with Crippen molar-refractivity contribution in [3.63, 3.8) is 0 Å². The van der Waals surface area contributed by atoms with Crippen LogP contribution in [0, 0.1) is 15.5 Å². The molecular weight excluding hydrogens is 272 g/mol. The van der Waals surface area contributed by atoms with Crippen molar-refractivity contribution in [2.75, 3.05) is 12.5 Å². The van der Waals surface area contributed by atoms with Gasteiger partial charge in [0.15, 0.2) is 0 Å². The largest absolute Gasteiger partial charge is 0.338 e. The van der Waals surface area contributed by atoms with Gasteiger partial charge in [0.2, 0.25) is 0 Å². The molecular formula is C14H22N4O3. The average Bonchev–Trinajstić information content (AvgIpc) is 2.42. The first-order valence-electron chi connectivity index (χ1n) is 6.61. The average molecular weight is 294 g/mol. The molecule has 3 N–H and O–H groups in total. The Morgan fingerprint density at radius 1 is 1.43 bits per heavy atom. The number of hydrazine groups is 1. The maximum absolute atomic E-state index is 12.6. The molecule has 0 spiro atoms. The molecule has 0 radical (unpaired) electrons. The van der Waals surface area contributed by atoms with E-state index in [0.717, 1.165) is 0 Å². The number of nitrogens with one attached hydrogen (secondary N) is 1. The number of nitro benzene ring substituents is 1. The van der Waals surface area contributed by atoms with E-state index >= 15 is 0 Å². The summed E-state index contributed by atoms with van der Waals surface area (Å²) >= 11 is 0. The Kier molecular flexibility index (Phi) is 4.90. The maximum atomic E-state index is 12.6. The third-order valence-corrected chi connectivity index (χ3v) is 3.74. The van der Waals surface area contributed by atoms with Gasteiger partial charge < -0.3 is 10.3 Å². The van der Waals surface area contributed by atoms with Gasteiger partial charge in [0, 0.05) is 24.8 Å². The molecule has 1 aromatic carbocycles. The zero-order valence-electron chi connectivity index (χ0n) is 13.0. The molecule has 1 rings (SSSR count). The number of hydrogen-bond donors (Lipinski definition) is 2. The van der Waals surface area contributed by atoms with Crippen LogP contribution in [0.1, 0.15) is 38.1 Å². The van der Waals surface area contributed by atoms with Crippen molar-refractivity contribution in [3.05, 3.63) is 33.9 Å². The van der Waals surface area contributed by atoms with E-state index in [9.17, 15) is 14.9 Å². The third kappa shape index (κ3) is 3.69. The Hall–Kier alpha value is -2.15. The Bertz CT molecular complexity index is 552. The molecule has 1 aromatic rings. The molecule has 0 heterocycles. The Morgan fingerprint density at radius 3 is 2.43 bits per heavy atom. The summed E-state index contributed by atoms with van der Waals surface area (Å²) < 4.78 is 0. The molecule has 1 amide bonds. The van der Waals surface area contributed by atoms with E-state index in [1.54, 1.807) is 7.05 Å². The molecule has 7 heteroatoms. The highest BCUT2D eigenvalue weighted by Gasteiger charge is 2.31. The molecule has 0 aliphatic heterocycles. The fourth-order valence-electron chi connectivity index (χ4n) is 1.90. The number of benzene rings is 1. The van der Waals surface area contributed by atoms with E-state index in [0.29, 0.717) is 5.69 Å². The maximum Gasteiger partial charge on any atom is 0.282 e. The smallest absolute Gasteiger partial charge is 0.282 e. The molecule has 21 heavy (non-hydrogen) atoms. The zero-order valence-corrected chi connectivity index (χ0v) is 13.0. The molecule has 0 aromatic heterocycles. The standard InChI is InChI=1S/C14H22N4O3/c1-9(14(2,3)4)17(5)13(19)11-8-10(16-15)6-7-12(11)18(20)21/h6-9,16H,15H2,1-5H3. The SMILES string of the molecule is CC(N(C)C(=O)c1cc(NN)ccc1[N+](=O)[O-])C(C)(C)C. The Morgan fingerprint density at radius 2 is 2.00 bits per heavy atom. The Labute approximate surface area is 124 Å². The van der Waals surface area contributed by atoms with Crippen LogP contribution in [0.3, 0.4) is 0 Å². The Balaban J connectivity index is 3.25. The summed E-state index contributed by atoms with van der Waals surface area (Å²) in [5.74, 6) is 4.90. The first kappa shape index (κ1) is 16.9. The summed E-state index contributed by atoms with van der Waals surface area (Å²) in [6.45, 7) is 7.93. The molecule has 1 atom stereocenters. The highest BCUT2D eigenvalue weighted by Crippen LogP contribution is 2.28. The van der Waals surface area contributed by atoms with Crippen LogP contribution in [0.25, 0.3) is 0 Å². The van der Waals surface area contributed by atoms with Gasteiger partial charge in [0.05, 0.1) is 4.92 Å². The van der Waals surface area contributed by atoms with Gasteiger partial charge in [-0.15, -0.1) is 0 Å². The first-order valence-corrected chi connectivity index (χ1v) is 6.61. The summed E-state index contributed by atoms with van der Waals surface area (Å²) in [6, 6.07) is 4.05. The molecule has 0 aliphatic rings. The minimum Gasteiger partial charge on any atom is -0.338 e. The number of rotatable bonds is 4. The van der Waals surface area contributed by atoms with Crippen LogP contribution in [0.5, 0.6) is 0 Å². The van der Waals surface area contributed by atoms with Crippen LogP contribution in [0.2, 0.25) is 0 Å². The second kappa shape index (κ2) is 6.09. The summed E-state index contributed by atoms with van der Waals surface area (Å²) in [5.41, 5.74) is 2.50. The summed E-state index contributed by atoms with van der Waals surface area (Å²) in [4.78, 5) is 24.6. The summed E-state index contributed by atoms with van der Waals surface area (Å²) in [6.07, 6.45) is 0. The second-order valence-corrected chi connectivity index (χ2v) is 6.09. The van der Waals surface area contributed by atoms with Crippen LogP contribution < -0.4 is 11.3 Å². The highest BCUT2D eigenvalue weighted by atomic mass is 16.6. The number of hydrogen-bond acceptors (Lipinski definition) is 5. The van der Waals surface area contributed by atoms with Crippen molar-refractivity contribution < 1.29 is 9.72 Å². The number of nitrogen functional groups attached to an aromatic ring is 1. The zero-order chi connectivity index (χ0) is 16.4. The third-order valence-electron chi connectivity index (χ3n) is 3.74.